The summed E-state index contributed by atoms with van der Waals surface area (Å²) in [6.45, 7) is 3.11. The Morgan fingerprint density at radius 3 is 2.61 bits per heavy atom. The molecular formula is C14H18N4. The molecule has 0 aliphatic rings. The lowest BCUT2D eigenvalue weighted by molar-refractivity contribution is 0.779. The van der Waals surface area contributed by atoms with Crippen LogP contribution in [-0.2, 0) is 0 Å². The second kappa shape index (κ2) is 6.00. The van der Waals surface area contributed by atoms with Gasteiger partial charge in [0.2, 0.25) is 5.95 Å². The fraction of sp³-hybridized carbons (Fsp3) is 0.286. The molecule has 1 heterocycles. The van der Waals surface area contributed by atoms with Crippen molar-refractivity contribution in [2.75, 3.05) is 17.2 Å². The molecule has 0 saturated carbocycles. The number of para-hydroxylation sites is 1. The number of nitrogens with zero attached hydrogens (tertiary/aromatic N) is 3. The molecule has 4 heteroatoms. The molecule has 0 aliphatic carbocycles. The number of anilines is 3. The smallest absolute Gasteiger partial charge is 0.221 e. The van der Waals surface area contributed by atoms with Crippen molar-refractivity contribution < 1.29 is 0 Å². The number of aromatic nitrogens is 2. The second-order valence-corrected chi connectivity index (χ2v) is 4.11. The van der Waals surface area contributed by atoms with Crippen molar-refractivity contribution in [2.45, 2.75) is 19.8 Å². The third kappa shape index (κ3) is 2.97. The lowest BCUT2D eigenvalue weighted by atomic mass is 10.2. The Bertz CT molecular complexity index is 484. The van der Waals surface area contributed by atoms with Gasteiger partial charge in [-0.25, -0.2) is 4.98 Å². The van der Waals surface area contributed by atoms with Gasteiger partial charge in [-0.3, -0.25) is 0 Å². The monoisotopic (exact) mass is 242 g/mol. The average molecular weight is 242 g/mol. The number of nitrogen functional groups attached to an aromatic ring is 1. The standard InChI is InChI=1S/C14H18N4/c1-2-3-11-18(12-7-5-4-6-8-12)13-9-10-16-14(15)17-13/h4-10H,2-3,11H2,1H3,(H2,15,16,17). The van der Waals surface area contributed by atoms with Crippen LogP contribution in [0.25, 0.3) is 0 Å². The molecule has 0 spiro atoms. The first-order valence-electron chi connectivity index (χ1n) is 6.22. The normalized spacial score (nSPS) is 10.3. The van der Waals surface area contributed by atoms with Crippen molar-refractivity contribution in [3.05, 3.63) is 42.6 Å². The van der Waals surface area contributed by atoms with Crippen LogP contribution in [0.2, 0.25) is 0 Å². The molecule has 0 fully saturated rings. The van der Waals surface area contributed by atoms with E-state index in [1.165, 1.54) is 0 Å². The van der Waals surface area contributed by atoms with E-state index in [9.17, 15) is 0 Å². The fourth-order valence-corrected chi connectivity index (χ4v) is 1.81. The van der Waals surface area contributed by atoms with Gasteiger partial charge >= 0.3 is 0 Å². The highest BCUT2D eigenvalue weighted by atomic mass is 15.2. The summed E-state index contributed by atoms with van der Waals surface area (Å²) in [5.41, 5.74) is 6.78. The van der Waals surface area contributed by atoms with Crippen LogP contribution in [0.15, 0.2) is 42.6 Å². The lowest BCUT2D eigenvalue weighted by Gasteiger charge is -2.23. The predicted octanol–water partition coefficient (Wildman–Crippen LogP) is 3.00. The molecule has 18 heavy (non-hydrogen) atoms. The van der Waals surface area contributed by atoms with Crippen LogP contribution >= 0.6 is 0 Å². The molecule has 4 nitrogen and oxygen atoms in total. The largest absolute Gasteiger partial charge is 0.368 e. The van der Waals surface area contributed by atoms with Gasteiger partial charge in [-0.1, -0.05) is 31.5 Å². The topological polar surface area (TPSA) is 55.0 Å². The van der Waals surface area contributed by atoms with Gasteiger partial charge in [-0.15, -0.1) is 0 Å². The van der Waals surface area contributed by atoms with E-state index in [0.717, 1.165) is 30.9 Å². The first-order valence-corrected chi connectivity index (χ1v) is 6.22. The van der Waals surface area contributed by atoms with Crippen LogP contribution in [0.3, 0.4) is 0 Å². The van der Waals surface area contributed by atoms with Crippen LogP contribution in [-0.4, -0.2) is 16.5 Å². The summed E-state index contributed by atoms with van der Waals surface area (Å²) in [5.74, 6) is 1.16. The van der Waals surface area contributed by atoms with E-state index in [-0.39, 0.29) is 0 Å². The van der Waals surface area contributed by atoms with Gasteiger partial charge in [0.1, 0.15) is 5.82 Å². The molecule has 2 rings (SSSR count). The van der Waals surface area contributed by atoms with Gasteiger partial charge < -0.3 is 10.6 Å². The van der Waals surface area contributed by atoms with Crippen LogP contribution < -0.4 is 10.6 Å². The van der Waals surface area contributed by atoms with Gasteiger partial charge in [-0.05, 0) is 24.6 Å². The minimum atomic E-state index is 0.310. The molecule has 94 valence electrons. The van der Waals surface area contributed by atoms with E-state index >= 15 is 0 Å². The van der Waals surface area contributed by atoms with E-state index in [4.69, 9.17) is 5.73 Å². The summed E-state index contributed by atoms with van der Waals surface area (Å²) in [4.78, 5) is 10.4. The number of nitrogens with two attached hydrogens (primary N) is 1. The fourth-order valence-electron chi connectivity index (χ4n) is 1.81. The van der Waals surface area contributed by atoms with Crippen LogP contribution in [0.4, 0.5) is 17.5 Å². The van der Waals surface area contributed by atoms with Gasteiger partial charge in [0, 0.05) is 18.4 Å². The molecule has 2 aromatic rings. The number of rotatable bonds is 5. The predicted molar refractivity (Wildman–Crippen MR) is 74.8 cm³/mol. The van der Waals surface area contributed by atoms with Crippen molar-refractivity contribution in [1.82, 2.24) is 9.97 Å². The maximum atomic E-state index is 5.65. The molecule has 2 N–H and O–H groups in total. The maximum absolute atomic E-state index is 5.65. The van der Waals surface area contributed by atoms with E-state index in [2.05, 4.69) is 33.9 Å². The van der Waals surface area contributed by atoms with Gasteiger partial charge in [-0.2, -0.15) is 4.98 Å². The molecule has 0 atom stereocenters. The Balaban J connectivity index is 2.31. The zero-order valence-electron chi connectivity index (χ0n) is 10.6. The number of unbranched alkanes of at least 4 members (excludes halogenated alkanes) is 1. The Morgan fingerprint density at radius 1 is 1.17 bits per heavy atom. The van der Waals surface area contributed by atoms with Crippen molar-refractivity contribution >= 4 is 17.5 Å². The first kappa shape index (κ1) is 12.4. The molecule has 0 unspecified atom stereocenters. The highest BCUT2D eigenvalue weighted by Gasteiger charge is 2.10. The van der Waals surface area contributed by atoms with E-state index in [0.29, 0.717) is 5.95 Å². The Labute approximate surface area is 107 Å². The van der Waals surface area contributed by atoms with E-state index in [1.807, 2.05) is 24.3 Å². The molecular weight excluding hydrogens is 224 g/mol. The van der Waals surface area contributed by atoms with Gasteiger partial charge in [0.15, 0.2) is 0 Å². The summed E-state index contributed by atoms with van der Waals surface area (Å²) in [5, 5.41) is 0. The maximum Gasteiger partial charge on any atom is 0.221 e. The third-order valence-electron chi connectivity index (χ3n) is 2.74. The summed E-state index contributed by atoms with van der Waals surface area (Å²) in [6.07, 6.45) is 3.95. The minimum absolute atomic E-state index is 0.310. The molecule has 0 aliphatic heterocycles. The van der Waals surface area contributed by atoms with Crippen molar-refractivity contribution in [2.24, 2.45) is 0 Å². The minimum Gasteiger partial charge on any atom is -0.368 e. The van der Waals surface area contributed by atoms with Crippen molar-refractivity contribution in [3.8, 4) is 0 Å². The quantitative estimate of drug-likeness (QED) is 0.875. The van der Waals surface area contributed by atoms with Crippen LogP contribution in [0, 0.1) is 0 Å². The molecule has 0 radical (unpaired) electrons. The molecule has 1 aromatic heterocycles. The van der Waals surface area contributed by atoms with Crippen molar-refractivity contribution in [1.29, 1.82) is 0 Å². The average Bonchev–Trinajstić information content (AvgIpc) is 2.40. The Hall–Kier alpha value is -2.10. The van der Waals surface area contributed by atoms with E-state index in [1.54, 1.807) is 6.20 Å². The Kier molecular flexibility index (Phi) is 4.12. The van der Waals surface area contributed by atoms with Gasteiger partial charge in [0.25, 0.3) is 0 Å². The Morgan fingerprint density at radius 2 is 1.94 bits per heavy atom. The lowest BCUT2D eigenvalue weighted by Crippen LogP contribution is -2.20. The van der Waals surface area contributed by atoms with Crippen LogP contribution in [0.1, 0.15) is 19.8 Å². The van der Waals surface area contributed by atoms with Crippen molar-refractivity contribution in [3.63, 3.8) is 0 Å². The highest BCUT2D eigenvalue weighted by Crippen LogP contribution is 2.23. The zero-order chi connectivity index (χ0) is 12.8. The SMILES string of the molecule is CCCCN(c1ccccc1)c1ccnc(N)n1. The summed E-state index contributed by atoms with van der Waals surface area (Å²) < 4.78 is 0. The molecule has 0 bridgehead atoms. The molecule has 0 amide bonds. The summed E-state index contributed by atoms with van der Waals surface area (Å²) in [7, 11) is 0. The van der Waals surface area contributed by atoms with E-state index < -0.39 is 0 Å². The third-order valence-corrected chi connectivity index (χ3v) is 2.74. The van der Waals surface area contributed by atoms with Gasteiger partial charge in [0.05, 0.1) is 0 Å². The second-order valence-electron chi connectivity index (χ2n) is 4.11. The summed E-state index contributed by atoms with van der Waals surface area (Å²) >= 11 is 0. The number of benzene rings is 1. The first-order chi connectivity index (χ1) is 8.81. The zero-order valence-corrected chi connectivity index (χ0v) is 10.6. The number of hydrogen-bond donors (Lipinski definition) is 1. The van der Waals surface area contributed by atoms with Crippen LogP contribution in [0.5, 0.6) is 0 Å². The summed E-state index contributed by atoms with van der Waals surface area (Å²) in [6, 6.07) is 12.1. The number of hydrogen-bond acceptors (Lipinski definition) is 4. The highest BCUT2D eigenvalue weighted by molar-refractivity contribution is 5.60. The molecule has 0 saturated heterocycles. The molecule has 1 aromatic carbocycles.